The lowest BCUT2D eigenvalue weighted by molar-refractivity contribution is 0.144. The number of aryl methyl sites for hydroxylation is 1. The third-order valence-electron chi connectivity index (χ3n) is 3.77. The van der Waals surface area contributed by atoms with Crippen LogP contribution < -0.4 is 4.74 Å². The zero-order valence-electron chi connectivity index (χ0n) is 13.6. The monoisotopic (exact) mass is 346 g/mol. The number of hydrogen-bond donors (Lipinski definition) is 1. The van der Waals surface area contributed by atoms with E-state index in [4.69, 9.17) is 4.74 Å². The molecule has 0 saturated heterocycles. The molecule has 25 heavy (non-hydrogen) atoms. The summed E-state index contributed by atoms with van der Waals surface area (Å²) in [6, 6.07) is 8.71. The summed E-state index contributed by atoms with van der Waals surface area (Å²) >= 11 is 0. The molecule has 0 saturated carbocycles. The Morgan fingerprint density at radius 3 is 2.64 bits per heavy atom. The van der Waals surface area contributed by atoms with Crippen molar-refractivity contribution >= 4 is 0 Å². The van der Waals surface area contributed by atoms with Crippen LogP contribution in [-0.2, 0) is 6.54 Å². The average Bonchev–Trinajstić information content (AvgIpc) is 3.05. The number of aliphatic hydroxyl groups is 1. The first-order chi connectivity index (χ1) is 12.0. The molecule has 0 aliphatic rings. The summed E-state index contributed by atoms with van der Waals surface area (Å²) in [4.78, 5) is 1.21. The standard InChI is InChI=1S/C17H16F2N4O2/c1-10-7-12(3-5-13(10)18)17-20-22-23(21-17)9-15(24)11-4-6-16(25-2)14(19)8-11/h3-8,15,24H,9H2,1-2H3. The van der Waals surface area contributed by atoms with Gasteiger partial charge in [0.15, 0.2) is 11.6 Å². The van der Waals surface area contributed by atoms with Gasteiger partial charge in [0, 0.05) is 5.56 Å². The molecule has 1 unspecified atom stereocenters. The maximum absolute atomic E-state index is 13.7. The Bertz CT molecular complexity index is 898. The predicted molar refractivity (Wildman–Crippen MR) is 85.9 cm³/mol. The Kier molecular flexibility index (Phi) is 4.71. The zero-order chi connectivity index (χ0) is 18.0. The Morgan fingerprint density at radius 1 is 1.16 bits per heavy atom. The fourth-order valence-corrected chi connectivity index (χ4v) is 2.37. The van der Waals surface area contributed by atoms with Crippen molar-refractivity contribution in [3.05, 3.63) is 59.2 Å². The quantitative estimate of drug-likeness (QED) is 0.769. The zero-order valence-corrected chi connectivity index (χ0v) is 13.6. The maximum Gasteiger partial charge on any atom is 0.204 e. The van der Waals surface area contributed by atoms with Gasteiger partial charge in [0.1, 0.15) is 11.9 Å². The van der Waals surface area contributed by atoms with Crippen LogP contribution in [0.15, 0.2) is 36.4 Å². The Hall–Kier alpha value is -2.87. The molecule has 0 radical (unpaired) electrons. The Morgan fingerprint density at radius 2 is 1.96 bits per heavy atom. The highest BCUT2D eigenvalue weighted by atomic mass is 19.1. The SMILES string of the molecule is COc1ccc(C(O)Cn2nnc(-c3ccc(F)c(C)c3)n2)cc1F. The minimum Gasteiger partial charge on any atom is -0.494 e. The van der Waals surface area contributed by atoms with Crippen LogP contribution in [0.25, 0.3) is 11.4 Å². The highest BCUT2D eigenvalue weighted by Gasteiger charge is 2.15. The van der Waals surface area contributed by atoms with Gasteiger partial charge in [-0.2, -0.15) is 4.80 Å². The second-order valence-corrected chi connectivity index (χ2v) is 5.54. The number of benzene rings is 2. The second kappa shape index (κ2) is 6.94. The highest BCUT2D eigenvalue weighted by molar-refractivity contribution is 5.55. The van der Waals surface area contributed by atoms with Gasteiger partial charge in [-0.25, -0.2) is 8.78 Å². The van der Waals surface area contributed by atoms with Crippen LogP contribution in [0.4, 0.5) is 8.78 Å². The van der Waals surface area contributed by atoms with E-state index in [1.165, 1.54) is 30.1 Å². The third-order valence-corrected chi connectivity index (χ3v) is 3.77. The van der Waals surface area contributed by atoms with E-state index in [0.29, 0.717) is 22.5 Å². The summed E-state index contributed by atoms with van der Waals surface area (Å²) in [6.45, 7) is 1.64. The summed E-state index contributed by atoms with van der Waals surface area (Å²) < 4.78 is 31.9. The van der Waals surface area contributed by atoms with Crippen molar-refractivity contribution in [2.75, 3.05) is 7.11 Å². The van der Waals surface area contributed by atoms with E-state index in [-0.39, 0.29) is 18.1 Å². The van der Waals surface area contributed by atoms with Gasteiger partial charge >= 0.3 is 0 Å². The molecule has 0 spiro atoms. The molecule has 8 heteroatoms. The lowest BCUT2D eigenvalue weighted by Crippen LogP contribution is -2.12. The van der Waals surface area contributed by atoms with Gasteiger partial charge in [-0.15, -0.1) is 10.2 Å². The first-order valence-electron chi connectivity index (χ1n) is 7.53. The smallest absolute Gasteiger partial charge is 0.204 e. The molecule has 3 aromatic rings. The predicted octanol–water partition coefficient (Wildman–Crippen LogP) is 2.67. The molecule has 3 rings (SSSR count). The molecule has 0 fully saturated rings. The number of hydrogen-bond acceptors (Lipinski definition) is 5. The average molecular weight is 346 g/mol. The van der Waals surface area contributed by atoms with Gasteiger partial charge in [0.05, 0.1) is 13.7 Å². The number of ether oxygens (including phenoxy) is 1. The van der Waals surface area contributed by atoms with E-state index in [2.05, 4.69) is 15.4 Å². The van der Waals surface area contributed by atoms with Crippen molar-refractivity contribution in [2.24, 2.45) is 0 Å². The minimum absolute atomic E-state index is 0.00105. The summed E-state index contributed by atoms with van der Waals surface area (Å²) in [5, 5.41) is 22.2. The first kappa shape index (κ1) is 17.0. The number of methoxy groups -OCH3 is 1. The Balaban J connectivity index is 1.76. The van der Waals surface area contributed by atoms with Crippen LogP contribution in [0.2, 0.25) is 0 Å². The van der Waals surface area contributed by atoms with E-state index in [1.807, 2.05) is 0 Å². The molecule has 0 bridgehead atoms. The van der Waals surface area contributed by atoms with Gasteiger partial charge < -0.3 is 9.84 Å². The van der Waals surface area contributed by atoms with Crippen molar-refractivity contribution in [1.29, 1.82) is 0 Å². The first-order valence-corrected chi connectivity index (χ1v) is 7.53. The number of aliphatic hydroxyl groups excluding tert-OH is 1. The van der Waals surface area contributed by atoms with E-state index < -0.39 is 11.9 Å². The van der Waals surface area contributed by atoms with Gasteiger partial charge in [-0.05, 0) is 53.6 Å². The molecule has 130 valence electrons. The van der Waals surface area contributed by atoms with Crippen molar-refractivity contribution in [3.63, 3.8) is 0 Å². The molecule has 1 atom stereocenters. The number of aromatic nitrogens is 4. The summed E-state index contributed by atoms with van der Waals surface area (Å²) in [5.74, 6) is -0.457. The maximum atomic E-state index is 13.7. The van der Waals surface area contributed by atoms with E-state index in [9.17, 15) is 13.9 Å². The molecule has 0 amide bonds. The van der Waals surface area contributed by atoms with E-state index >= 15 is 0 Å². The second-order valence-electron chi connectivity index (χ2n) is 5.54. The Labute approximate surface area is 142 Å². The molecular formula is C17H16F2N4O2. The van der Waals surface area contributed by atoms with Crippen LogP contribution in [0.3, 0.4) is 0 Å². The van der Waals surface area contributed by atoms with Gasteiger partial charge in [0.2, 0.25) is 5.82 Å². The molecular weight excluding hydrogens is 330 g/mol. The molecule has 0 aliphatic heterocycles. The largest absolute Gasteiger partial charge is 0.494 e. The number of halogens is 2. The molecule has 1 heterocycles. The van der Waals surface area contributed by atoms with Crippen LogP contribution >= 0.6 is 0 Å². The van der Waals surface area contributed by atoms with Gasteiger partial charge in [0.25, 0.3) is 0 Å². The van der Waals surface area contributed by atoms with Crippen molar-refractivity contribution < 1.29 is 18.6 Å². The number of rotatable bonds is 5. The minimum atomic E-state index is -1.02. The van der Waals surface area contributed by atoms with E-state index in [0.717, 1.165) is 0 Å². The van der Waals surface area contributed by atoms with Crippen molar-refractivity contribution in [2.45, 2.75) is 19.6 Å². The van der Waals surface area contributed by atoms with E-state index in [1.54, 1.807) is 25.1 Å². The van der Waals surface area contributed by atoms with Crippen LogP contribution in [0.5, 0.6) is 5.75 Å². The molecule has 1 aromatic heterocycles. The fourth-order valence-electron chi connectivity index (χ4n) is 2.37. The van der Waals surface area contributed by atoms with Gasteiger partial charge in [-0.1, -0.05) is 6.07 Å². The highest BCUT2D eigenvalue weighted by Crippen LogP contribution is 2.23. The fraction of sp³-hybridized carbons (Fsp3) is 0.235. The van der Waals surface area contributed by atoms with Crippen LogP contribution in [0, 0.1) is 18.6 Å². The molecule has 0 aliphatic carbocycles. The number of tetrazole rings is 1. The van der Waals surface area contributed by atoms with Gasteiger partial charge in [-0.3, -0.25) is 0 Å². The topological polar surface area (TPSA) is 73.1 Å². The lowest BCUT2D eigenvalue weighted by Gasteiger charge is -2.11. The summed E-state index contributed by atoms with van der Waals surface area (Å²) in [5.41, 5.74) is 1.47. The van der Waals surface area contributed by atoms with Crippen LogP contribution in [-0.4, -0.2) is 32.4 Å². The van der Waals surface area contributed by atoms with Crippen molar-refractivity contribution in [1.82, 2.24) is 20.2 Å². The molecule has 2 aromatic carbocycles. The number of nitrogens with zero attached hydrogens (tertiary/aromatic N) is 4. The van der Waals surface area contributed by atoms with Crippen molar-refractivity contribution in [3.8, 4) is 17.1 Å². The third kappa shape index (κ3) is 3.63. The lowest BCUT2D eigenvalue weighted by atomic mass is 10.1. The molecule has 6 nitrogen and oxygen atoms in total. The van der Waals surface area contributed by atoms with Crippen LogP contribution in [0.1, 0.15) is 17.2 Å². The summed E-state index contributed by atoms with van der Waals surface area (Å²) in [7, 11) is 1.37. The normalized spacial score (nSPS) is 12.2. The summed E-state index contributed by atoms with van der Waals surface area (Å²) in [6.07, 6.45) is -1.02. The molecule has 1 N–H and O–H groups in total.